The molecule has 1 N–H and O–H groups in total. The molecule has 2 saturated carbocycles. The van der Waals surface area contributed by atoms with E-state index in [1.54, 1.807) is 44.6 Å². The predicted molar refractivity (Wildman–Crippen MR) is 159 cm³/mol. The van der Waals surface area contributed by atoms with E-state index in [1.165, 1.54) is 24.5 Å². The molecule has 4 aliphatic carbocycles. The molecule has 236 valence electrons. The number of carbonyl (C=O) groups excluding carboxylic acids is 2. The molecule has 10 heteroatoms. The van der Waals surface area contributed by atoms with Crippen LogP contribution in [0.15, 0.2) is 76.8 Å². The summed E-state index contributed by atoms with van der Waals surface area (Å²) in [5.74, 6) is -4.76. The molecule has 7 rings (SSSR count). The number of hydrogen-bond donors (Lipinski definition) is 1. The Labute approximate surface area is 259 Å². The fraction of sp³-hybridized carbons (Fsp3) is 0.457. The maximum atomic E-state index is 18.2. The summed E-state index contributed by atoms with van der Waals surface area (Å²) in [7, 11) is 0. The molecule has 2 fully saturated rings. The van der Waals surface area contributed by atoms with Gasteiger partial charge in [-0.2, -0.15) is 5.10 Å². The molecule has 2 aromatic heterocycles. The molecule has 0 aliphatic heterocycles. The van der Waals surface area contributed by atoms with Crippen LogP contribution in [0.2, 0.25) is 0 Å². The maximum Gasteiger partial charge on any atom is 0.375 e. The van der Waals surface area contributed by atoms with Crippen LogP contribution in [0.25, 0.3) is 11.8 Å². The minimum absolute atomic E-state index is 0.0190. The van der Waals surface area contributed by atoms with E-state index in [0.29, 0.717) is 5.69 Å². The molecule has 45 heavy (non-hydrogen) atoms. The first-order chi connectivity index (χ1) is 21.4. The van der Waals surface area contributed by atoms with Crippen molar-refractivity contribution in [3.63, 3.8) is 0 Å². The Morgan fingerprint density at radius 1 is 1.18 bits per heavy atom. The normalized spacial score (nSPS) is 36.5. The van der Waals surface area contributed by atoms with Crippen molar-refractivity contribution >= 4 is 18.0 Å². The minimum Gasteiger partial charge on any atom is -0.463 e. The van der Waals surface area contributed by atoms with Crippen molar-refractivity contribution < 1.29 is 37.4 Å². The summed E-state index contributed by atoms with van der Waals surface area (Å²) in [5, 5.41) is 16.5. The molecule has 8 nitrogen and oxygen atoms in total. The number of para-hydroxylation sites is 1. The number of rotatable bonds is 5. The highest BCUT2D eigenvalue weighted by molar-refractivity contribution is 5.91. The van der Waals surface area contributed by atoms with Crippen molar-refractivity contribution in [1.29, 1.82) is 0 Å². The zero-order valence-electron chi connectivity index (χ0n) is 25.6. The first-order valence-electron chi connectivity index (χ1n) is 15.5. The van der Waals surface area contributed by atoms with Gasteiger partial charge in [0, 0.05) is 22.7 Å². The standard InChI is InChI=1S/C35H36F2N2O6/c1-5-43-31(42)35(45-30(41)28-12-9-13-44-28)20(2)14-23-24-15-26(36)25-16-27-21(19-38-39(27)22-10-7-6-8-11-22)17-32(25,3)34(24,37)29(40)18-33(23,35)4/h6-13,15-16,19-20,23-24,29,40H,5,14,17-18H2,1-4H3/t20-,23?,24?,29?,32+,33+,34+,35+/m1/s1. The second-order valence-electron chi connectivity index (χ2n) is 13.4. The number of benzene rings is 1. The average molecular weight is 619 g/mol. The number of alkyl halides is 1. The lowest BCUT2D eigenvalue weighted by molar-refractivity contribution is -0.222. The fourth-order valence-electron chi connectivity index (χ4n) is 9.20. The first-order valence-corrected chi connectivity index (χ1v) is 15.5. The number of aliphatic hydroxyl groups is 1. The number of fused-ring (bicyclic) bond motifs is 6. The summed E-state index contributed by atoms with van der Waals surface area (Å²) in [5.41, 5.74) is -4.57. The molecule has 0 saturated heterocycles. The number of aliphatic hydroxyl groups excluding tert-OH is 1. The highest BCUT2D eigenvalue weighted by atomic mass is 19.1. The van der Waals surface area contributed by atoms with Gasteiger partial charge in [0.05, 0.1) is 36.6 Å². The molecule has 4 aliphatic rings. The summed E-state index contributed by atoms with van der Waals surface area (Å²) in [6, 6.07) is 12.4. The van der Waals surface area contributed by atoms with E-state index in [1.807, 2.05) is 30.3 Å². The van der Waals surface area contributed by atoms with Gasteiger partial charge in [-0.15, -0.1) is 0 Å². The van der Waals surface area contributed by atoms with Crippen molar-refractivity contribution in [2.75, 3.05) is 6.61 Å². The third-order valence-corrected chi connectivity index (χ3v) is 11.3. The molecule has 8 atom stereocenters. The largest absolute Gasteiger partial charge is 0.463 e. The van der Waals surface area contributed by atoms with Gasteiger partial charge < -0.3 is 19.0 Å². The number of furan rings is 1. The van der Waals surface area contributed by atoms with Crippen molar-refractivity contribution in [1.82, 2.24) is 9.78 Å². The number of hydrogen-bond acceptors (Lipinski definition) is 7. The van der Waals surface area contributed by atoms with Gasteiger partial charge in [-0.1, -0.05) is 39.0 Å². The van der Waals surface area contributed by atoms with Crippen LogP contribution in [0.1, 0.15) is 62.3 Å². The van der Waals surface area contributed by atoms with Crippen LogP contribution in [0.3, 0.4) is 0 Å². The maximum absolute atomic E-state index is 18.2. The van der Waals surface area contributed by atoms with Gasteiger partial charge in [-0.25, -0.2) is 23.1 Å². The zero-order chi connectivity index (χ0) is 31.9. The highest BCUT2D eigenvalue weighted by Gasteiger charge is 2.78. The summed E-state index contributed by atoms with van der Waals surface area (Å²) < 4.78 is 53.2. The Hall–Kier alpha value is -4.05. The number of allylic oxidation sites excluding steroid dienone is 3. The van der Waals surface area contributed by atoms with E-state index in [2.05, 4.69) is 5.10 Å². The highest BCUT2D eigenvalue weighted by Crippen LogP contribution is 2.71. The van der Waals surface area contributed by atoms with Crippen LogP contribution in [-0.2, 0) is 20.7 Å². The molecular weight excluding hydrogens is 582 g/mol. The van der Waals surface area contributed by atoms with Crippen LogP contribution in [0.4, 0.5) is 8.78 Å². The summed E-state index contributed by atoms with van der Waals surface area (Å²) in [4.78, 5) is 27.2. The predicted octanol–water partition coefficient (Wildman–Crippen LogP) is 6.19. The van der Waals surface area contributed by atoms with Gasteiger partial charge in [0.1, 0.15) is 5.83 Å². The van der Waals surface area contributed by atoms with Crippen LogP contribution < -0.4 is 0 Å². The van der Waals surface area contributed by atoms with Crippen molar-refractivity contribution in [3.05, 3.63) is 89.4 Å². The van der Waals surface area contributed by atoms with Crippen LogP contribution in [0.5, 0.6) is 0 Å². The van der Waals surface area contributed by atoms with E-state index >= 15 is 8.78 Å². The van der Waals surface area contributed by atoms with E-state index in [-0.39, 0.29) is 37.2 Å². The lowest BCUT2D eigenvalue weighted by atomic mass is 9.45. The lowest BCUT2D eigenvalue weighted by Crippen LogP contribution is -2.70. The van der Waals surface area contributed by atoms with E-state index < -0.39 is 63.7 Å². The Balaban J connectivity index is 1.35. The Morgan fingerprint density at radius 2 is 1.93 bits per heavy atom. The molecule has 3 unspecified atom stereocenters. The number of halogens is 2. The van der Waals surface area contributed by atoms with Gasteiger partial charge in [0.2, 0.25) is 11.4 Å². The number of esters is 2. The van der Waals surface area contributed by atoms with Crippen LogP contribution in [-0.4, -0.2) is 50.8 Å². The molecule has 2 heterocycles. The molecule has 0 bridgehead atoms. The second-order valence-corrected chi connectivity index (χ2v) is 13.4. The van der Waals surface area contributed by atoms with Crippen LogP contribution >= 0.6 is 0 Å². The molecule has 3 aromatic rings. The zero-order valence-corrected chi connectivity index (χ0v) is 25.6. The summed E-state index contributed by atoms with van der Waals surface area (Å²) in [6.45, 7) is 6.81. The molecule has 0 radical (unpaired) electrons. The van der Waals surface area contributed by atoms with Crippen molar-refractivity contribution in [2.24, 2.45) is 28.6 Å². The third kappa shape index (κ3) is 3.74. The third-order valence-electron chi connectivity index (χ3n) is 11.3. The van der Waals surface area contributed by atoms with E-state index in [0.717, 1.165) is 11.3 Å². The van der Waals surface area contributed by atoms with E-state index in [9.17, 15) is 14.7 Å². The molecule has 1 aromatic carbocycles. The lowest BCUT2D eigenvalue weighted by Gasteiger charge is -2.61. The quantitative estimate of drug-likeness (QED) is 0.340. The molecule has 0 spiro atoms. The Bertz CT molecular complexity index is 1730. The van der Waals surface area contributed by atoms with Gasteiger partial charge in [-0.3, -0.25) is 0 Å². The fourth-order valence-corrected chi connectivity index (χ4v) is 9.20. The van der Waals surface area contributed by atoms with Gasteiger partial charge in [0.15, 0.2) is 5.67 Å². The average Bonchev–Trinajstić information content (AvgIpc) is 3.74. The Morgan fingerprint density at radius 3 is 2.62 bits per heavy atom. The Kier molecular flexibility index (Phi) is 6.57. The summed E-state index contributed by atoms with van der Waals surface area (Å²) in [6.07, 6.45) is 4.41. The second kappa shape index (κ2) is 9.97. The van der Waals surface area contributed by atoms with Gasteiger partial charge in [-0.05, 0) is 79.7 Å². The van der Waals surface area contributed by atoms with Crippen LogP contribution in [0, 0.1) is 28.6 Å². The minimum atomic E-state index is -2.30. The topological polar surface area (TPSA) is 104 Å². The van der Waals surface area contributed by atoms with Crippen molar-refractivity contribution in [3.8, 4) is 5.69 Å². The van der Waals surface area contributed by atoms with Gasteiger partial charge >= 0.3 is 11.9 Å². The van der Waals surface area contributed by atoms with Crippen molar-refractivity contribution in [2.45, 2.75) is 64.3 Å². The smallest absolute Gasteiger partial charge is 0.375 e. The SMILES string of the molecule is CCOC(=O)[C@@]1(OC(=O)c2ccco2)[C@H](C)CC2C3C=C(F)C4=Cc5c(cnn5-c5ccccc5)C[C@]4(C)[C@@]3(F)C(O)C[C@@]21C. The van der Waals surface area contributed by atoms with Gasteiger partial charge in [0.25, 0.3) is 0 Å². The molecular formula is C35H36F2N2O6. The number of aromatic nitrogens is 2. The molecule has 0 amide bonds. The number of nitrogens with zero attached hydrogens (tertiary/aromatic N) is 2. The number of ether oxygens (including phenoxy) is 2. The van der Waals surface area contributed by atoms with E-state index in [4.69, 9.17) is 13.9 Å². The monoisotopic (exact) mass is 618 g/mol. The first kappa shape index (κ1) is 29.6. The summed E-state index contributed by atoms with van der Waals surface area (Å²) >= 11 is 0. The number of carbonyl (C=O) groups is 2.